The Morgan fingerprint density at radius 1 is 1.23 bits per heavy atom. The molecular formula is C17H16F3N5O. The van der Waals surface area contributed by atoms with E-state index in [0.717, 1.165) is 17.7 Å². The van der Waals surface area contributed by atoms with Crippen LogP contribution in [-0.4, -0.2) is 25.5 Å². The summed E-state index contributed by atoms with van der Waals surface area (Å²) in [7, 11) is 1.77. The number of nitrogens with one attached hydrogen (secondary N) is 1. The van der Waals surface area contributed by atoms with Crippen LogP contribution in [0.1, 0.15) is 27.2 Å². The molecule has 0 saturated carbocycles. The fraction of sp³-hybridized carbons (Fsp3) is 0.235. The average molecular weight is 363 g/mol. The van der Waals surface area contributed by atoms with E-state index in [0.29, 0.717) is 17.8 Å². The molecule has 3 rings (SSSR count). The number of nitrogens with zero attached hydrogens (tertiary/aromatic N) is 4. The first-order valence-corrected chi connectivity index (χ1v) is 7.73. The third-order valence-electron chi connectivity index (χ3n) is 3.88. The van der Waals surface area contributed by atoms with Crippen LogP contribution in [-0.2, 0) is 19.8 Å². The van der Waals surface area contributed by atoms with Gasteiger partial charge < -0.3 is 5.32 Å². The Labute approximate surface area is 147 Å². The van der Waals surface area contributed by atoms with Crippen LogP contribution in [0.2, 0.25) is 0 Å². The van der Waals surface area contributed by atoms with Gasteiger partial charge in [0.15, 0.2) is 0 Å². The van der Waals surface area contributed by atoms with Gasteiger partial charge in [-0.3, -0.25) is 9.48 Å². The molecule has 0 saturated heterocycles. The van der Waals surface area contributed by atoms with Crippen LogP contribution in [0.25, 0.3) is 5.69 Å². The molecule has 1 aromatic carbocycles. The van der Waals surface area contributed by atoms with Gasteiger partial charge >= 0.3 is 6.18 Å². The molecule has 0 bridgehead atoms. The molecule has 0 aliphatic carbocycles. The van der Waals surface area contributed by atoms with E-state index in [9.17, 15) is 18.0 Å². The zero-order valence-corrected chi connectivity index (χ0v) is 14.1. The first kappa shape index (κ1) is 17.7. The van der Waals surface area contributed by atoms with Crippen molar-refractivity contribution in [3.05, 3.63) is 65.2 Å². The SMILES string of the molecule is Cc1c(C(=O)NCc2cnn(C)c2)cnn1-c1cccc(C(F)(F)F)c1. The third kappa shape index (κ3) is 3.61. The lowest BCUT2D eigenvalue weighted by molar-refractivity contribution is -0.137. The molecular weight excluding hydrogens is 347 g/mol. The maximum Gasteiger partial charge on any atom is 0.416 e. The summed E-state index contributed by atoms with van der Waals surface area (Å²) in [6, 6.07) is 4.80. The Balaban J connectivity index is 1.80. The van der Waals surface area contributed by atoms with Crippen molar-refractivity contribution in [3.8, 4) is 5.69 Å². The average Bonchev–Trinajstić information content (AvgIpc) is 3.18. The molecule has 1 amide bonds. The molecule has 0 aliphatic rings. The van der Waals surface area contributed by atoms with E-state index < -0.39 is 11.7 Å². The molecule has 3 aromatic rings. The molecule has 2 aromatic heterocycles. The number of aryl methyl sites for hydroxylation is 1. The second-order valence-corrected chi connectivity index (χ2v) is 5.81. The van der Waals surface area contributed by atoms with Crippen LogP contribution in [0, 0.1) is 6.92 Å². The topological polar surface area (TPSA) is 64.7 Å². The summed E-state index contributed by atoms with van der Waals surface area (Å²) in [5.74, 6) is -0.357. The van der Waals surface area contributed by atoms with Crippen molar-refractivity contribution in [1.82, 2.24) is 24.9 Å². The van der Waals surface area contributed by atoms with Crippen LogP contribution in [0.4, 0.5) is 13.2 Å². The van der Waals surface area contributed by atoms with Gasteiger partial charge in [-0.25, -0.2) is 4.68 Å². The van der Waals surface area contributed by atoms with Crippen LogP contribution in [0.15, 0.2) is 42.9 Å². The number of rotatable bonds is 4. The van der Waals surface area contributed by atoms with Crippen LogP contribution < -0.4 is 5.32 Å². The highest BCUT2D eigenvalue weighted by Gasteiger charge is 2.30. The van der Waals surface area contributed by atoms with Crippen molar-refractivity contribution in [2.24, 2.45) is 7.05 Å². The smallest absolute Gasteiger partial charge is 0.348 e. The van der Waals surface area contributed by atoms with E-state index in [-0.39, 0.29) is 11.6 Å². The molecule has 1 N–H and O–H groups in total. The molecule has 0 aliphatic heterocycles. The number of carbonyl (C=O) groups excluding carboxylic acids is 1. The minimum Gasteiger partial charge on any atom is -0.348 e. The highest BCUT2D eigenvalue weighted by atomic mass is 19.4. The molecule has 26 heavy (non-hydrogen) atoms. The predicted molar refractivity (Wildman–Crippen MR) is 87.7 cm³/mol. The van der Waals surface area contributed by atoms with Crippen molar-refractivity contribution >= 4 is 5.91 Å². The minimum absolute atomic E-state index is 0.239. The summed E-state index contributed by atoms with van der Waals surface area (Å²) in [6.07, 6.45) is 0.313. The Hall–Kier alpha value is -3.10. The van der Waals surface area contributed by atoms with Crippen LogP contribution in [0.5, 0.6) is 0 Å². The van der Waals surface area contributed by atoms with Crippen molar-refractivity contribution in [2.45, 2.75) is 19.6 Å². The lowest BCUT2D eigenvalue weighted by atomic mass is 10.2. The second kappa shape index (κ2) is 6.66. The Bertz CT molecular complexity index is 942. The number of aromatic nitrogens is 4. The molecule has 0 spiro atoms. The van der Waals surface area contributed by atoms with Gasteiger partial charge in [0.1, 0.15) is 0 Å². The summed E-state index contributed by atoms with van der Waals surface area (Å²) in [5, 5.41) is 10.8. The standard InChI is InChI=1S/C17H16F3N5O/c1-11-15(16(26)21-7-12-8-22-24(2)10-12)9-23-25(11)14-5-3-4-13(6-14)17(18,19)20/h3-6,8-10H,7H2,1-2H3,(H,21,26). The summed E-state index contributed by atoms with van der Waals surface area (Å²) in [4.78, 5) is 12.3. The van der Waals surface area contributed by atoms with Crippen molar-refractivity contribution in [3.63, 3.8) is 0 Å². The van der Waals surface area contributed by atoms with Gasteiger partial charge in [-0.1, -0.05) is 6.07 Å². The van der Waals surface area contributed by atoms with Crippen molar-refractivity contribution in [1.29, 1.82) is 0 Å². The molecule has 0 atom stereocenters. The number of amides is 1. The summed E-state index contributed by atoms with van der Waals surface area (Å²) in [5.41, 5.74) is 1.05. The van der Waals surface area contributed by atoms with Gasteiger partial charge in [-0.15, -0.1) is 0 Å². The van der Waals surface area contributed by atoms with E-state index in [1.54, 1.807) is 31.0 Å². The highest BCUT2D eigenvalue weighted by Crippen LogP contribution is 2.30. The summed E-state index contributed by atoms with van der Waals surface area (Å²) >= 11 is 0. The maximum atomic E-state index is 12.9. The molecule has 136 valence electrons. The lowest BCUT2D eigenvalue weighted by Gasteiger charge is -2.10. The number of carbonyl (C=O) groups is 1. The van der Waals surface area contributed by atoms with Gasteiger partial charge in [0, 0.05) is 25.4 Å². The second-order valence-electron chi connectivity index (χ2n) is 5.81. The Kier molecular flexibility index (Phi) is 4.54. The van der Waals surface area contributed by atoms with Gasteiger partial charge in [0.25, 0.3) is 5.91 Å². The molecule has 0 unspecified atom stereocenters. The van der Waals surface area contributed by atoms with Crippen molar-refractivity contribution in [2.75, 3.05) is 0 Å². The first-order chi connectivity index (χ1) is 12.3. The fourth-order valence-corrected chi connectivity index (χ4v) is 2.55. The number of hydrogen-bond acceptors (Lipinski definition) is 3. The van der Waals surface area contributed by atoms with Crippen LogP contribution >= 0.6 is 0 Å². The quantitative estimate of drug-likeness (QED) is 0.775. The Morgan fingerprint density at radius 3 is 2.65 bits per heavy atom. The van der Waals surface area contributed by atoms with Gasteiger partial charge in [0.2, 0.25) is 0 Å². The molecule has 2 heterocycles. The summed E-state index contributed by atoms with van der Waals surface area (Å²) in [6.45, 7) is 1.92. The van der Waals surface area contributed by atoms with Gasteiger partial charge in [0.05, 0.1) is 34.9 Å². The zero-order valence-electron chi connectivity index (χ0n) is 14.1. The van der Waals surface area contributed by atoms with E-state index in [4.69, 9.17) is 0 Å². The Morgan fingerprint density at radius 2 is 2.00 bits per heavy atom. The van der Waals surface area contributed by atoms with E-state index in [1.807, 2.05) is 0 Å². The molecule has 9 heteroatoms. The van der Waals surface area contributed by atoms with E-state index in [2.05, 4.69) is 15.5 Å². The minimum atomic E-state index is -4.44. The molecule has 0 fully saturated rings. The predicted octanol–water partition coefficient (Wildman–Crippen LogP) is 2.86. The number of benzene rings is 1. The van der Waals surface area contributed by atoms with Crippen molar-refractivity contribution < 1.29 is 18.0 Å². The molecule has 6 nitrogen and oxygen atoms in total. The maximum absolute atomic E-state index is 12.9. The first-order valence-electron chi connectivity index (χ1n) is 7.73. The van der Waals surface area contributed by atoms with Gasteiger partial charge in [-0.2, -0.15) is 23.4 Å². The van der Waals surface area contributed by atoms with E-state index in [1.165, 1.54) is 23.0 Å². The number of halogens is 3. The largest absolute Gasteiger partial charge is 0.416 e. The number of alkyl halides is 3. The van der Waals surface area contributed by atoms with Gasteiger partial charge in [-0.05, 0) is 25.1 Å². The van der Waals surface area contributed by atoms with Crippen LogP contribution in [0.3, 0.4) is 0 Å². The van der Waals surface area contributed by atoms with E-state index >= 15 is 0 Å². The zero-order chi connectivity index (χ0) is 18.9. The lowest BCUT2D eigenvalue weighted by Crippen LogP contribution is -2.23. The fourth-order valence-electron chi connectivity index (χ4n) is 2.55. The number of hydrogen-bond donors (Lipinski definition) is 1. The molecule has 0 radical (unpaired) electrons. The highest BCUT2D eigenvalue weighted by molar-refractivity contribution is 5.95. The summed E-state index contributed by atoms with van der Waals surface area (Å²) < 4.78 is 41.6. The third-order valence-corrected chi connectivity index (χ3v) is 3.88. The normalized spacial score (nSPS) is 11.6. The monoisotopic (exact) mass is 363 g/mol.